The molecule has 3 rings (SSSR count). The molecular formula is C22H28N2O3. The quantitative estimate of drug-likeness (QED) is 0.719. The van der Waals surface area contributed by atoms with Crippen molar-refractivity contribution in [1.82, 2.24) is 9.80 Å². The number of hydrogen-bond acceptors (Lipinski definition) is 4. The van der Waals surface area contributed by atoms with Gasteiger partial charge in [-0.2, -0.15) is 0 Å². The number of rotatable bonds is 8. The van der Waals surface area contributed by atoms with E-state index in [2.05, 4.69) is 35.2 Å². The number of aryl methyl sites for hydroxylation is 1. The van der Waals surface area contributed by atoms with Crippen LogP contribution in [0.3, 0.4) is 0 Å². The van der Waals surface area contributed by atoms with E-state index in [1.165, 1.54) is 5.56 Å². The Morgan fingerprint density at radius 3 is 2.26 bits per heavy atom. The van der Waals surface area contributed by atoms with Crippen molar-refractivity contribution in [2.24, 2.45) is 0 Å². The lowest BCUT2D eigenvalue weighted by Crippen LogP contribution is -2.50. The highest BCUT2D eigenvalue weighted by Gasteiger charge is 2.21. The molecule has 0 saturated carbocycles. The number of methoxy groups -OCH3 is 1. The summed E-state index contributed by atoms with van der Waals surface area (Å²) < 4.78 is 10.7. The first kappa shape index (κ1) is 19.2. The predicted molar refractivity (Wildman–Crippen MR) is 106 cm³/mol. The zero-order chi connectivity index (χ0) is 18.9. The summed E-state index contributed by atoms with van der Waals surface area (Å²) in [5, 5.41) is 0. The molecule has 1 heterocycles. The van der Waals surface area contributed by atoms with E-state index in [0.29, 0.717) is 5.75 Å². The van der Waals surface area contributed by atoms with Gasteiger partial charge in [-0.3, -0.25) is 9.69 Å². The molecule has 0 aliphatic carbocycles. The monoisotopic (exact) mass is 368 g/mol. The second kappa shape index (κ2) is 9.97. The third kappa shape index (κ3) is 6.00. The van der Waals surface area contributed by atoms with E-state index >= 15 is 0 Å². The van der Waals surface area contributed by atoms with Crippen LogP contribution in [0.15, 0.2) is 54.6 Å². The zero-order valence-electron chi connectivity index (χ0n) is 16.0. The Labute approximate surface area is 161 Å². The molecule has 1 saturated heterocycles. The first-order chi connectivity index (χ1) is 13.2. The zero-order valence-corrected chi connectivity index (χ0v) is 16.0. The number of hydrogen-bond donors (Lipinski definition) is 0. The van der Waals surface area contributed by atoms with Gasteiger partial charge in [-0.25, -0.2) is 0 Å². The maximum atomic E-state index is 12.4. The van der Waals surface area contributed by atoms with Gasteiger partial charge in [0.05, 0.1) is 7.11 Å². The first-order valence-corrected chi connectivity index (χ1v) is 9.55. The molecular weight excluding hydrogens is 340 g/mol. The lowest BCUT2D eigenvalue weighted by molar-refractivity contribution is -0.135. The van der Waals surface area contributed by atoms with Gasteiger partial charge in [-0.15, -0.1) is 0 Å². The van der Waals surface area contributed by atoms with Crippen molar-refractivity contribution >= 4 is 5.91 Å². The van der Waals surface area contributed by atoms with E-state index in [1.54, 1.807) is 7.11 Å². The summed E-state index contributed by atoms with van der Waals surface area (Å²) in [6, 6.07) is 17.9. The van der Waals surface area contributed by atoms with Crippen LogP contribution in [-0.4, -0.2) is 62.1 Å². The van der Waals surface area contributed by atoms with Crippen LogP contribution in [0.1, 0.15) is 12.0 Å². The van der Waals surface area contributed by atoms with Gasteiger partial charge in [0.25, 0.3) is 5.91 Å². The van der Waals surface area contributed by atoms with Crippen molar-refractivity contribution in [2.45, 2.75) is 12.8 Å². The van der Waals surface area contributed by atoms with E-state index in [9.17, 15) is 4.79 Å². The summed E-state index contributed by atoms with van der Waals surface area (Å²) in [6.45, 7) is 4.58. The third-order valence-electron chi connectivity index (χ3n) is 4.93. The largest absolute Gasteiger partial charge is 0.497 e. The van der Waals surface area contributed by atoms with Crippen molar-refractivity contribution in [1.29, 1.82) is 0 Å². The Kier molecular flexibility index (Phi) is 7.11. The van der Waals surface area contributed by atoms with E-state index in [0.717, 1.165) is 51.3 Å². The van der Waals surface area contributed by atoms with Gasteiger partial charge < -0.3 is 14.4 Å². The summed E-state index contributed by atoms with van der Waals surface area (Å²) >= 11 is 0. The van der Waals surface area contributed by atoms with Crippen LogP contribution in [0.5, 0.6) is 11.5 Å². The van der Waals surface area contributed by atoms with Gasteiger partial charge in [0.1, 0.15) is 11.5 Å². The Balaban J connectivity index is 1.33. The molecule has 1 aliphatic rings. The minimum absolute atomic E-state index is 0.0507. The lowest BCUT2D eigenvalue weighted by atomic mass is 10.1. The number of ether oxygens (including phenoxy) is 2. The minimum atomic E-state index is 0.0507. The molecule has 0 unspecified atom stereocenters. The predicted octanol–water partition coefficient (Wildman–Crippen LogP) is 2.85. The van der Waals surface area contributed by atoms with E-state index < -0.39 is 0 Å². The fourth-order valence-electron chi connectivity index (χ4n) is 3.28. The topological polar surface area (TPSA) is 42.0 Å². The molecule has 144 valence electrons. The molecule has 0 atom stereocenters. The van der Waals surface area contributed by atoms with Crippen LogP contribution < -0.4 is 9.47 Å². The Morgan fingerprint density at radius 1 is 0.926 bits per heavy atom. The summed E-state index contributed by atoms with van der Waals surface area (Å²) in [7, 11) is 1.63. The lowest BCUT2D eigenvalue weighted by Gasteiger charge is -2.34. The Morgan fingerprint density at radius 2 is 1.59 bits per heavy atom. The number of amides is 1. The molecule has 2 aromatic carbocycles. The second-order valence-electron chi connectivity index (χ2n) is 6.78. The highest BCUT2D eigenvalue weighted by Crippen LogP contribution is 2.17. The van der Waals surface area contributed by atoms with Gasteiger partial charge >= 0.3 is 0 Å². The average Bonchev–Trinajstić information content (AvgIpc) is 2.73. The first-order valence-electron chi connectivity index (χ1n) is 9.55. The molecule has 0 spiro atoms. The van der Waals surface area contributed by atoms with Crippen LogP contribution in [0.2, 0.25) is 0 Å². The molecule has 0 bridgehead atoms. The van der Waals surface area contributed by atoms with Crippen LogP contribution in [0, 0.1) is 0 Å². The minimum Gasteiger partial charge on any atom is -0.497 e. The fraction of sp³-hybridized carbons (Fsp3) is 0.409. The summed E-state index contributed by atoms with van der Waals surface area (Å²) in [4.78, 5) is 16.7. The van der Waals surface area contributed by atoms with Crippen molar-refractivity contribution in [3.63, 3.8) is 0 Å². The van der Waals surface area contributed by atoms with Gasteiger partial charge in [-0.05, 0) is 49.2 Å². The van der Waals surface area contributed by atoms with Crippen molar-refractivity contribution in [3.05, 3.63) is 60.2 Å². The van der Waals surface area contributed by atoms with E-state index in [-0.39, 0.29) is 12.5 Å². The van der Waals surface area contributed by atoms with Gasteiger partial charge in [0.15, 0.2) is 6.61 Å². The summed E-state index contributed by atoms with van der Waals surface area (Å²) in [5.74, 6) is 1.51. The van der Waals surface area contributed by atoms with E-state index in [1.807, 2.05) is 29.2 Å². The number of nitrogens with zero attached hydrogens (tertiary/aromatic N) is 2. The van der Waals surface area contributed by atoms with Gasteiger partial charge in [0, 0.05) is 26.2 Å². The Bertz CT molecular complexity index is 695. The Hall–Kier alpha value is -2.53. The smallest absolute Gasteiger partial charge is 0.260 e. The number of benzene rings is 2. The third-order valence-corrected chi connectivity index (χ3v) is 4.93. The molecule has 1 amide bonds. The molecule has 5 heteroatoms. The number of carbonyl (C=O) groups is 1. The molecule has 0 radical (unpaired) electrons. The number of carbonyl (C=O) groups excluding carboxylic acids is 1. The summed E-state index contributed by atoms with van der Waals surface area (Å²) in [5.41, 5.74) is 1.39. The molecule has 2 aromatic rings. The highest BCUT2D eigenvalue weighted by atomic mass is 16.5. The fourth-order valence-corrected chi connectivity index (χ4v) is 3.28. The van der Waals surface area contributed by atoms with E-state index in [4.69, 9.17) is 9.47 Å². The molecule has 0 N–H and O–H groups in total. The van der Waals surface area contributed by atoms with Crippen molar-refractivity contribution in [2.75, 3.05) is 46.4 Å². The highest BCUT2D eigenvalue weighted by molar-refractivity contribution is 5.77. The second-order valence-corrected chi connectivity index (χ2v) is 6.78. The van der Waals surface area contributed by atoms with Gasteiger partial charge in [-0.1, -0.05) is 30.3 Å². The van der Waals surface area contributed by atoms with Crippen molar-refractivity contribution < 1.29 is 14.3 Å². The van der Waals surface area contributed by atoms with Gasteiger partial charge in [0.2, 0.25) is 0 Å². The average molecular weight is 368 g/mol. The maximum Gasteiger partial charge on any atom is 0.260 e. The molecule has 27 heavy (non-hydrogen) atoms. The molecule has 1 aliphatic heterocycles. The van der Waals surface area contributed by atoms with Crippen LogP contribution in [0.25, 0.3) is 0 Å². The van der Waals surface area contributed by atoms with Crippen LogP contribution >= 0.6 is 0 Å². The van der Waals surface area contributed by atoms with Crippen molar-refractivity contribution in [3.8, 4) is 11.5 Å². The maximum absolute atomic E-state index is 12.4. The SMILES string of the molecule is COc1ccc(OCC(=O)N2CCN(CCCc3ccccc3)CC2)cc1. The standard InChI is InChI=1S/C22H28N2O3/c1-26-20-9-11-21(12-10-20)27-18-22(25)24-16-14-23(15-17-24)13-5-8-19-6-3-2-4-7-19/h2-4,6-7,9-12H,5,8,13-18H2,1H3. The normalized spacial score (nSPS) is 14.8. The number of piperazine rings is 1. The van der Waals surface area contributed by atoms with Crippen LogP contribution in [-0.2, 0) is 11.2 Å². The summed E-state index contributed by atoms with van der Waals surface area (Å²) in [6.07, 6.45) is 2.26. The molecule has 1 fully saturated rings. The molecule has 0 aromatic heterocycles. The molecule has 5 nitrogen and oxygen atoms in total. The van der Waals surface area contributed by atoms with Crippen LogP contribution in [0.4, 0.5) is 0 Å².